The highest BCUT2D eigenvalue weighted by Crippen LogP contribution is 2.32. The minimum atomic E-state index is -0.306. The minimum absolute atomic E-state index is 0.0476. The summed E-state index contributed by atoms with van der Waals surface area (Å²) in [6, 6.07) is 14.4. The lowest BCUT2D eigenvalue weighted by Crippen LogP contribution is -2.22. The molecule has 4 heteroatoms. The second-order valence-corrected chi connectivity index (χ2v) is 5.40. The van der Waals surface area contributed by atoms with E-state index < -0.39 is 0 Å². The standard InChI is InChI=1S/C16H18N2O2/c1-16(2,3)20-13-9-10-14(15(19)11-13)18-17-12-7-5-4-6-8-12/h4-11,19H,1-3H3. The van der Waals surface area contributed by atoms with E-state index in [4.69, 9.17) is 4.74 Å². The first kappa shape index (κ1) is 14.1. The summed E-state index contributed by atoms with van der Waals surface area (Å²) < 4.78 is 5.67. The van der Waals surface area contributed by atoms with Gasteiger partial charge in [0.05, 0.1) is 5.69 Å². The van der Waals surface area contributed by atoms with Gasteiger partial charge in [-0.2, -0.15) is 5.11 Å². The first-order valence-electron chi connectivity index (χ1n) is 6.43. The maximum absolute atomic E-state index is 9.93. The van der Waals surface area contributed by atoms with Crippen molar-refractivity contribution < 1.29 is 9.84 Å². The van der Waals surface area contributed by atoms with Crippen LogP contribution in [0.25, 0.3) is 0 Å². The fourth-order valence-electron chi connectivity index (χ4n) is 1.61. The number of ether oxygens (including phenoxy) is 1. The van der Waals surface area contributed by atoms with Gasteiger partial charge < -0.3 is 9.84 Å². The number of benzene rings is 2. The van der Waals surface area contributed by atoms with Gasteiger partial charge in [0.1, 0.15) is 22.8 Å². The smallest absolute Gasteiger partial charge is 0.146 e. The van der Waals surface area contributed by atoms with Gasteiger partial charge in [0.15, 0.2) is 0 Å². The molecule has 0 saturated heterocycles. The summed E-state index contributed by atoms with van der Waals surface area (Å²) in [5, 5.41) is 18.0. The number of rotatable bonds is 3. The van der Waals surface area contributed by atoms with Crippen molar-refractivity contribution in [3.63, 3.8) is 0 Å². The van der Waals surface area contributed by atoms with Gasteiger partial charge in [-0.15, -0.1) is 5.11 Å². The molecular formula is C16H18N2O2. The van der Waals surface area contributed by atoms with Crippen molar-refractivity contribution in [3.8, 4) is 11.5 Å². The normalized spacial score (nSPS) is 11.8. The van der Waals surface area contributed by atoms with Gasteiger partial charge in [-0.05, 0) is 45.0 Å². The molecule has 0 amide bonds. The average Bonchev–Trinajstić information content (AvgIpc) is 2.37. The largest absolute Gasteiger partial charge is 0.505 e. The molecule has 0 aliphatic heterocycles. The lowest BCUT2D eigenvalue weighted by Gasteiger charge is -2.21. The van der Waals surface area contributed by atoms with Crippen molar-refractivity contribution in [3.05, 3.63) is 48.5 Å². The molecule has 0 spiro atoms. The van der Waals surface area contributed by atoms with Crippen molar-refractivity contribution in [1.82, 2.24) is 0 Å². The molecular weight excluding hydrogens is 252 g/mol. The molecule has 0 saturated carbocycles. The Kier molecular flexibility index (Phi) is 4.03. The minimum Gasteiger partial charge on any atom is -0.505 e. The fourth-order valence-corrected chi connectivity index (χ4v) is 1.61. The fraction of sp³-hybridized carbons (Fsp3) is 0.250. The van der Waals surface area contributed by atoms with Crippen LogP contribution >= 0.6 is 0 Å². The maximum atomic E-state index is 9.93. The molecule has 2 rings (SSSR count). The molecule has 1 N–H and O–H groups in total. The Labute approximate surface area is 118 Å². The molecule has 0 atom stereocenters. The maximum Gasteiger partial charge on any atom is 0.146 e. The summed E-state index contributed by atoms with van der Waals surface area (Å²) in [4.78, 5) is 0. The van der Waals surface area contributed by atoms with Crippen LogP contribution in [0.4, 0.5) is 11.4 Å². The van der Waals surface area contributed by atoms with Crippen LogP contribution < -0.4 is 4.74 Å². The predicted molar refractivity (Wildman–Crippen MR) is 79.1 cm³/mol. The van der Waals surface area contributed by atoms with Crippen molar-refractivity contribution in [2.75, 3.05) is 0 Å². The molecule has 0 radical (unpaired) electrons. The molecule has 0 unspecified atom stereocenters. The third-order valence-corrected chi connectivity index (χ3v) is 2.40. The third kappa shape index (κ3) is 4.09. The first-order valence-corrected chi connectivity index (χ1v) is 6.43. The van der Waals surface area contributed by atoms with Crippen molar-refractivity contribution >= 4 is 11.4 Å². The molecule has 0 fully saturated rings. The SMILES string of the molecule is CC(C)(C)Oc1ccc(N=Nc2ccccc2)c(O)c1. The van der Waals surface area contributed by atoms with Crippen LogP contribution in [-0.2, 0) is 0 Å². The summed E-state index contributed by atoms with van der Waals surface area (Å²) in [6.07, 6.45) is 0. The van der Waals surface area contributed by atoms with Crippen LogP contribution in [0.2, 0.25) is 0 Å². The number of nitrogens with zero attached hydrogens (tertiary/aromatic N) is 2. The molecule has 0 aromatic heterocycles. The molecule has 104 valence electrons. The zero-order valence-electron chi connectivity index (χ0n) is 11.9. The summed E-state index contributed by atoms with van der Waals surface area (Å²) in [6.45, 7) is 5.85. The molecule has 0 heterocycles. The number of hydrogen-bond donors (Lipinski definition) is 1. The van der Waals surface area contributed by atoms with Crippen LogP contribution in [0.1, 0.15) is 20.8 Å². The second-order valence-electron chi connectivity index (χ2n) is 5.40. The molecule has 2 aromatic carbocycles. The van der Waals surface area contributed by atoms with E-state index >= 15 is 0 Å². The summed E-state index contributed by atoms with van der Waals surface area (Å²) in [5.41, 5.74) is 0.844. The van der Waals surface area contributed by atoms with Gasteiger partial charge >= 0.3 is 0 Å². The molecule has 0 bridgehead atoms. The van der Waals surface area contributed by atoms with E-state index in [1.165, 1.54) is 0 Å². The van der Waals surface area contributed by atoms with E-state index in [-0.39, 0.29) is 11.4 Å². The van der Waals surface area contributed by atoms with Gasteiger partial charge in [0.25, 0.3) is 0 Å². The monoisotopic (exact) mass is 270 g/mol. The summed E-state index contributed by atoms with van der Waals surface area (Å²) >= 11 is 0. The summed E-state index contributed by atoms with van der Waals surface area (Å²) in [5.74, 6) is 0.653. The third-order valence-electron chi connectivity index (χ3n) is 2.40. The van der Waals surface area contributed by atoms with Gasteiger partial charge in [-0.3, -0.25) is 0 Å². The molecule has 0 aliphatic rings. The number of aromatic hydroxyl groups is 1. The van der Waals surface area contributed by atoms with Crippen LogP contribution in [0.15, 0.2) is 58.8 Å². The quantitative estimate of drug-likeness (QED) is 0.799. The van der Waals surface area contributed by atoms with E-state index in [1.54, 1.807) is 18.2 Å². The Morgan fingerprint density at radius 3 is 2.25 bits per heavy atom. The first-order chi connectivity index (χ1) is 9.44. The Morgan fingerprint density at radius 2 is 1.65 bits per heavy atom. The zero-order valence-corrected chi connectivity index (χ0v) is 11.9. The number of phenols is 1. The molecule has 20 heavy (non-hydrogen) atoms. The molecule has 2 aromatic rings. The highest BCUT2D eigenvalue weighted by molar-refractivity contribution is 5.54. The van der Waals surface area contributed by atoms with Gasteiger partial charge in [-0.25, -0.2) is 0 Å². The Morgan fingerprint density at radius 1 is 0.950 bits per heavy atom. The number of azo groups is 1. The Bertz CT molecular complexity index is 602. The van der Waals surface area contributed by atoms with E-state index in [0.717, 1.165) is 5.69 Å². The lowest BCUT2D eigenvalue weighted by molar-refractivity contribution is 0.130. The van der Waals surface area contributed by atoms with E-state index in [2.05, 4.69) is 10.2 Å². The highest BCUT2D eigenvalue weighted by atomic mass is 16.5. The van der Waals surface area contributed by atoms with E-state index in [1.807, 2.05) is 51.1 Å². The van der Waals surface area contributed by atoms with E-state index in [9.17, 15) is 5.11 Å². The van der Waals surface area contributed by atoms with Crippen LogP contribution in [0, 0.1) is 0 Å². The van der Waals surface area contributed by atoms with Crippen molar-refractivity contribution in [2.45, 2.75) is 26.4 Å². The van der Waals surface area contributed by atoms with Crippen LogP contribution in [-0.4, -0.2) is 10.7 Å². The molecule has 0 aliphatic carbocycles. The number of phenolic OH excluding ortho intramolecular Hbond substituents is 1. The average molecular weight is 270 g/mol. The van der Waals surface area contributed by atoms with Gasteiger partial charge in [0.2, 0.25) is 0 Å². The topological polar surface area (TPSA) is 54.2 Å². The highest BCUT2D eigenvalue weighted by Gasteiger charge is 2.12. The molecule has 4 nitrogen and oxygen atoms in total. The van der Waals surface area contributed by atoms with Gasteiger partial charge in [0, 0.05) is 6.07 Å². The Hall–Kier alpha value is -2.36. The summed E-state index contributed by atoms with van der Waals surface area (Å²) in [7, 11) is 0. The predicted octanol–water partition coefficient (Wildman–Crippen LogP) is 4.98. The van der Waals surface area contributed by atoms with E-state index in [0.29, 0.717) is 11.4 Å². The number of hydrogen-bond acceptors (Lipinski definition) is 4. The van der Waals surface area contributed by atoms with Crippen LogP contribution in [0.3, 0.4) is 0 Å². The zero-order chi connectivity index (χ0) is 14.6. The Balaban J connectivity index is 2.16. The van der Waals surface area contributed by atoms with Crippen LogP contribution in [0.5, 0.6) is 11.5 Å². The van der Waals surface area contributed by atoms with Gasteiger partial charge in [-0.1, -0.05) is 18.2 Å². The lowest BCUT2D eigenvalue weighted by atomic mass is 10.2. The van der Waals surface area contributed by atoms with Crippen molar-refractivity contribution in [2.24, 2.45) is 10.2 Å². The second kappa shape index (κ2) is 5.74. The van der Waals surface area contributed by atoms with Crippen molar-refractivity contribution in [1.29, 1.82) is 0 Å².